The highest BCUT2D eigenvalue weighted by molar-refractivity contribution is 5.97. The van der Waals surface area contributed by atoms with Gasteiger partial charge in [0.05, 0.1) is 24.0 Å². The Morgan fingerprint density at radius 3 is 2.55 bits per heavy atom. The van der Waals surface area contributed by atoms with Crippen LogP contribution in [-0.2, 0) is 17.8 Å². The standard InChI is InChI=1S/C25H20N4O2/c30-24(27-19-10-11-22-18(14-19)12-13-26-22)15-23-20-8-4-5-9-21(20)25(31)29(28-23)16-17-6-2-1-3-7-17/h1-14,26H,15-16H2,(H,27,30). The highest BCUT2D eigenvalue weighted by Crippen LogP contribution is 2.19. The van der Waals surface area contributed by atoms with Gasteiger partial charge in [-0.2, -0.15) is 5.10 Å². The maximum Gasteiger partial charge on any atom is 0.274 e. The molecule has 5 aromatic rings. The average Bonchev–Trinajstić information content (AvgIpc) is 3.25. The largest absolute Gasteiger partial charge is 0.361 e. The first-order valence-corrected chi connectivity index (χ1v) is 10.1. The number of amides is 1. The second-order valence-electron chi connectivity index (χ2n) is 7.45. The van der Waals surface area contributed by atoms with Crippen molar-refractivity contribution >= 4 is 33.3 Å². The quantitative estimate of drug-likeness (QED) is 0.459. The molecule has 6 heteroatoms. The van der Waals surface area contributed by atoms with Crippen LogP contribution in [0.2, 0.25) is 0 Å². The highest BCUT2D eigenvalue weighted by Gasteiger charge is 2.14. The van der Waals surface area contributed by atoms with Crippen molar-refractivity contribution < 1.29 is 4.79 Å². The fourth-order valence-electron chi connectivity index (χ4n) is 3.79. The van der Waals surface area contributed by atoms with Crippen LogP contribution in [-0.4, -0.2) is 20.7 Å². The van der Waals surface area contributed by atoms with E-state index in [1.165, 1.54) is 4.68 Å². The van der Waals surface area contributed by atoms with Crippen molar-refractivity contribution in [3.05, 3.63) is 107 Å². The summed E-state index contributed by atoms with van der Waals surface area (Å²) in [6.45, 7) is 0.350. The minimum atomic E-state index is -0.183. The maximum absolute atomic E-state index is 13.0. The van der Waals surface area contributed by atoms with Crippen LogP contribution in [0.1, 0.15) is 11.3 Å². The van der Waals surface area contributed by atoms with Crippen molar-refractivity contribution in [1.29, 1.82) is 0 Å². The lowest BCUT2D eigenvalue weighted by Gasteiger charge is -2.12. The third kappa shape index (κ3) is 3.83. The first-order chi connectivity index (χ1) is 15.2. The zero-order chi connectivity index (χ0) is 21.2. The molecule has 1 amide bonds. The molecule has 2 N–H and O–H groups in total. The van der Waals surface area contributed by atoms with Gasteiger partial charge in [-0.1, -0.05) is 48.5 Å². The summed E-state index contributed by atoms with van der Waals surface area (Å²) in [6, 6.07) is 24.7. The van der Waals surface area contributed by atoms with Crippen LogP contribution in [0.3, 0.4) is 0 Å². The lowest BCUT2D eigenvalue weighted by Crippen LogP contribution is -2.26. The van der Waals surface area contributed by atoms with E-state index in [4.69, 9.17) is 0 Å². The second kappa shape index (κ2) is 7.91. The lowest BCUT2D eigenvalue weighted by atomic mass is 10.1. The number of nitrogens with zero attached hydrogens (tertiary/aromatic N) is 2. The Bertz CT molecular complexity index is 1450. The molecule has 3 aromatic carbocycles. The summed E-state index contributed by atoms with van der Waals surface area (Å²) in [5, 5.41) is 9.79. The van der Waals surface area contributed by atoms with Gasteiger partial charge in [-0.05, 0) is 35.9 Å². The predicted octanol–water partition coefficient (Wildman–Crippen LogP) is 4.11. The minimum absolute atomic E-state index is 0.0702. The molecular formula is C25H20N4O2. The van der Waals surface area contributed by atoms with Gasteiger partial charge in [-0.3, -0.25) is 9.59 Å². The molecule has 2 aromatic heterocycles. The Labute approximate surface area is 178 Å². The first-order valence-electron chi connectivity index (χ1n) is 10.1. The Balaban J connectivity index is 1.47. The molecule has 0 aliphatic heterocycles. The highest BCUT2D eigenvalue weighted by atomic mass is 16.1. The van der Waals surface area contributed by atoms with E-state index in [-0.39, 0.29) is 17.9 Å². The van der Waals surface area contributed by atoms with Crippen molar-refractivity contribution in [2.45, 2.75) is 13.0 Å². The van der Waals surface area contributed by atoms with Crippen LogP contribution in [0.4, 0.5) is 5.69 Å². The number of rotatable bonds is 5. The summed E-state index contributed by atoms with van der Waals surface area (Å²) in [5.74, 6) is -0.183. The van der Waals surface area contributed by atoms with Crippen molar-refractivity contribution in [1.82, 2.24) is 14.8 Å². The predicted molar refractivity (Wildman–Crippen MR) is 122 cm³/mol. The molecule has 0 fully saturated rings. The number of aromatic amines is 1. The molecular weight excluding hydrogens is 388 g/mol. The molecule has 0 bridgehead atoms. The van der Waals surface area contributed by atoms with Gasteiger partial charge in [0.15, 0.2) is 0 Å². The molecule has 0 saturated carbocycles. The number of fused-ring (bicyclic) bond motifs is 2. The molecule has 0 radical (unpaired) electrons. The molecule has 31 heavy (non-hydrogen) atoms. The summed E-state index contributed by atoms with van der Waals surface area (Å²) in [4.78, 5) is 28.9. The Morgan fingerprint density at radius 2 is 1.71 bits per heavy atom. The number of carbonyl (C=O) groups excluding carboxylic acids is 1. The normalized spacial score (nSPS) is 11.1. The van der Waals surface area contributed by atoms with Gasteiger partial charge in [0.25, 0.3) is 5.56 Å². The third-order valence-electron chi connectivity index (χ3n) is 5.28. The average molecular weight is 408 g/mol. The number of anilines is 1. The van der Waals surface area contributed by atoms with E-state index in [0.29, 0.717) is 23.0 Å². The third-order valence-corrected chi connectivity index (χ3v) is 5.28. The zero-order valence-corrected chi connectivity index (χ0v) is 16.7. The molecule has 0 spiro atoms. The number of hydrogen-bond donors (Lipinski definition) is 2. The first kappa shape index (κ1) is 18.8. The molecule has 2 heterocycles. The number of benzene rings is 3. The molecule has 152 valence electrons. The van der Waals surface area contributed by atoms with E-state index in [1.54, 1.807) is 6.07 Å². The monoisotopic (exact) mass is 408 g/mol. The van der Waals surface area contributed by atoms with Gasteiger partial charge in [0.2, 0.25) is 5.91 Å². The van der Waals surface area contributed by atoms with Gasteiger partial charge in [0, 0.05) is 28.2 Å². The minimum Gasteiger partial charge on any atom is -0.361 e. The number of carbonyl (C=O) groups is 1. The molecule has 0 aliphatic rings. The smallest absolute Gasteiger partial charge is 0.274 e. The van der Waals surface area contributed by atoms with Crippen LogP contribution in [0, 0.1) is 0 Å². The van der Waals surface area contributed by atoms with Crippen LogP contribution < -0.4 is 10.9 Å². The van der Waals surface area contributed by atoms with Crippen LogP contribution in [0.5, 0.6) is 0 Å². The number of nitrogens with one attached hydrogen (secondary N) is 2. The van der Waals surface area contributed by atoms with E-state index >= 15 is 0 Å². The van der Waals surface area contributed by atoms with Crippen LogP contribution >= 0.6 is 0 Å². The fraction of sp³-hybridized carbons (Fsp3) is 0.0800. The number of H-pyrrole nitrogens is 1. The zero-order valence-electron chi connectivity index (χ0n) is 16.7. The van der Waals surface area contributed by atoms with Crippen LogP contribution in [0.15, 0.2) is 89.9 Å². The topological polar surface area (TPSA) is 79.8 Å². The number of aromatic nitrogens is 3. The summed E-state index contributed by atoms with van der Waals surface area (Å²) < 4.78 is 1.44. The molecule has 0 atom stereocenters. The van der Waals surface area contributed by atoms with E-state index in [1.807, 2.05) is 79.0 Å². The van der Waals surface area contributed by atoms with Crippen LogP contribution in [0.25, 0.3) is 21.7 Å². The number of hydrogen-bond acceptors (Lipinski definition) is 3. The van der Waals surface area contributed by atoms with Gasteiger partial charge in [-0.15, -0.1) is 0 Å². The van der Waals surface area contributed by atoms with E-state index in [0.717, 1.165) is 22.2 Å². The SMILES string of the molecule is O=C(Cc1nn(Cc2ccccc2)c(=O)c2ccccc12)Nc1ccc2[nH]ccc2c1. The van der Waals surface area contributed by atoms with Gasteiger partial charge >= 0.3 is 0 Å². The summed E-state index contributed by atoms with van der Waals surface area (Å²) >= 11 is 0. The molecule has 6 nitrogen and oxygen atoms in total. The Hall–Kier alpha value is -4.19. The van der Waals surface area contributed by atoms with Crippen molar-refractivity contribution in [2.24, 2.45) is 0 Å². The van der Waals surface area contributed by atoms with Crippen molar-refractivity contribution in [3.63, 3.8) is 0 Å². The van der Waals surface area contributed by atoms with Crippen molar-refractivity contribution in [2.75, 3.05) is 5.32 Å². The van der Waals surface area contributed by atoms with Crippen molar-refractivity contribution in [3.8, 4) is 0 Å². The fourth-order valence-corrected chi connectivity index (χ4v) is 3.79. The Kier molecular flexibility index (Phi) is 4.80. The summed E-state index contributed by atoms with van der Waals surface area (Å²) in [7, 11) is 0. The molecule has 0 unspecified atom stereocenters. The summed E-state index contributed by atoms with van der Waals surface area (Å²) in [6.07, 6.45) is 1.93. The van der Waals surface area contributed by atoms with Gasteiger partial charge < -0.3 is 10.3 Å². The van der Waals surface area contributed by atoms with Gasteiger partial charge in [0.1, 0.15) is 0 Å². The molecule has 0 saturated heterocycles. The molecule has 0 aliphatic carbocycles. The maximum atomic E-state index is 13.0. The van der Waals surface area contributed by atoms with E-state index in [9.17, 15) is 9.59 Å². The second-order valence-corrected chi connectivity index (χ2v) is 7.45. The Morgan fingerprint density at radius 1 is 0.935 bits per heavy atom. The summed E-state index contributed by atoms with van der Waals surface area (Å²) in [5.41, 5.74) is 3.12. The van der Waals surface area contributed by atoms with E-state index in [2.05, 4.69) is 15.4 Å². The van der Waals surface area contributed by atoms with E-state index < -0.39 is 0 Å². The van der Waals surface area contributed by atoms with Gasteiger partial charge in [-0.25, -0.2) is 4.68 Å². The lowest BCUT2D eigenvalue weighted by molar-refractivity contribution is -0.115. The molecule has 5 rings (SSSR count).